The Hall–Kier alpha value is -3.74. The molecule has 1 unspecified atom stereocenters. The molecule has 0 spiro atoms. The lowest BCUT2D eigenvalue weighted by Gasteiger charge is -2.33. The molecule has 4 rings (SSSR count). The van der Waals surface area contributed by atoms with Crippen LogP contribution in [0.4, 0.5) is 10.2 Å². The fourth-order valence-electron chi connectivity index (χ4n) is 3.56. The monoisotopic (exact) mass is 409 g/mol. The number of hydrogen-bond acceptors (Lipinski definition) is 7. The van der Waals surface area contributed by atoms with Crippen LogP contribution >= 0.6 is 0 Å². The first-order valence-electron chi connectivity index (χ1n) is 9.54. The van der Waals surface area contributed by atoms with E-state index in [0.29, 0.717) is 41.8 Å². The summed E-state index contributed by atoms with van der Waals surface area (Å²) in [6.45, 7) is 1.11. The minimum absolute atomic E-state index is 0.0438. The van der Waals surface area contributed by atoms with Crippen molar-refractivity contribution in [3.8, 4) is 23.3 Å². The van der Waals surface area contributed by atoms with E-state index in [1.165, 1.54) is 19.4 Å². The first-order chi connectivity index (χ1) is 14.6. The summed E-state index contributed by atoms with van der Waals surface area (Å²) in [5, 5.41) is 12.1. The molecule has 10 heteroatoms. The van der Waals surface area contributed by atoms with Crippen LogP contribution in [0.3, 0.4) is 0 Å². The number of nitrogens with zero attached hydrogens (tertiary/aromatic N) is 6. The van der Waals surface area contributed by atoms with E-state index in [1.807, 2.05) is 6.07 Å². The third kappa shape index (κ3) is 3.87. The van der Waals surface area contributed by atoms with E-state index < -0.39 is 5.82 Å². The summed E-state index contributed by atoms with van der Waals surface area (Å²) < 4.78 is 20.7. The summed E-state index contributed by atoms with van der Waals surface area (Å²) in [5.74, 6) is 0.738. The van der Waals surface area contributed by atoms with Crippen molar-refractivity contribution in [3.63, 3.8) is 0 Å². The Kier molecular flexibility index (Phi) is 5.43. The second kappa shape index (κ2) is 8.32. The lowest BCUT2D eigenvalue weighted by atomic mass is 10.1. The first kappa shape index (κ1) is 19.6. The number of carbonyl (C=O) groups excluding carboxylic acids is 1. The largest absolute Gasteiger partial charge is 0.491 e. The molecule has 3 aromatic heterocycles. The number of fused-ring (bicyclic) bond motifs is 1. The third-order valence-corrected chi connectivity index (χ3v) is 5.02. The number of imidazole rings is 1. The molecule has 1 fully saturated rings. The van der Waals surface area contributed by atoms with E-state index in [-0.39, 0.29) is 18.4 Å². The minimum Gasteiger partial charge on any atom is -0.491 e. The van der Waals surface area contributed by atoms with Crippen LogP contribution in [0, 0.1) is 17.1 Å². The Balaban J connectivity index is 1.61. The highest BCUT2D eigenvalue weighted by Crippen LogP contribution is 2.27. The smallest absolute Gasteiger partial charge is 0.236 e. The summed E-state index contributed by atoms with van der Waals surface area (Å²) >= 11 is 0. The number of nitrogens with one attached hydrogen (secondary N) is 1. The molecule has 4 heterocycles. The molecule has 0 bridgehead atoms. The average molecular weight is 409 g/mol. The second-order valence-electron chi connectivity index (χ2n) is 6.99. The average Bonchev–Trinajstić information content (AvgIpc) is 3.17. The number of anilines is 1. The highest BCUT2D eigenvalue weighted by atomic mass is 19.1. The Bertz CT molecular complexity index is 1120. The van der Waals surface area contributed by atoms with E-state index in [4.69, 9.17) is 10.00 Å². The third-order valence-electron chi connectivity index (χ3n) is 5.02. The van der Waals surface area contributed by atoms with Crippen molar-refractivity contribution in [3.05, 3.63) is 36.5 Å². The van der Waals surface area contributed by atoms with E-state index in [9.17, 15) is 9.18 Å². The van der Waals surface area contributed by atoms with E-state index in [1.54, 1.807) is 27.8 Å². The van der Waals surface area contributed by atoms with Gasteiger partial charge in [0.1, 0.15) is 23.6 Å². The number of amides is 1. The van der Waals surface area contributed by atoms with Crippen molar-refractivity contribution in [2.45, 2.75) is 25.3 Å². The van der Waals surface area contributed by atoms with Gasteiger partial charge in [-0.15, -0.1) is 0 Å². The number of nitriles is 1. The number of methoxy groups -OCH3 is 1. The molecule has 0 radical (unpaired) electrons. The molecular weight excluding hydrogens is 389 g/mol. The van der Waals surface area contributed by atoms with Crippen LogP contribution < -0.4 is 10.1 Å². The van der Waals surface area contributed by atoms with E-state index in [0.717, 1.165) is 12.8 Å². The van der Waals surface area contributed by atoms with Gasteiger partial charge >= 0.3 is 0 Å². The standard InChI is InChI=1S/C20H20FN7O2/c1-30-16-10-24-19(15-9-23-17-5-4-13(21)11-28(15)17)26-20(16)25-14-3-2-8-27(12-14)18(29)6-7-22/h4-5,9-11,14H,2-3,6,8,12H2,1H3,(H,24,25,26). The number of piperidine rings is 1. The normalized spacial score (nSPS) is 16.3. The summed E-state index contributed by atoms with van der Waals surface area (Å²) in [6.07, 6.45) is 6.01. The number of ether oxygens (including phenoxy) is 1. The van der Waals surface area contributed by atoms with Gasteiger partial charge in [0.15, 0.2) is 17.4 Å². The summed E-state index contributed by atoms with van der Waals surface area (Å²) in [7, 11) is 1.52. The van der Waals surface area contributed by atoms with Crippen LogP contribution in [0.25, 0.3) is 17.2 Å². The van der Waals surface area contributed by atoms with Gasteiger partial charge in [-0.2, -0.15) is 5.26 Å². The number of likely N-dealkylation sites (tertiary alicyclic amines) is 1. The highest BCUT2D eigenvalue weighted by molar-refractivity contribution is 5.78. The minimum atomic E-state index is -0.391. The molecule has 0 aromatic carbocycles. The number of carbonyl (C=O) groups is 1. The number of pyridine rings is 1. The predicted octanol–water partition coefficient (Wildman–Crippen LogP) is 2.26. The Morgan fingerprint density at radius 1 is 1.40 bits per heavy atom. The van der Waals surface area contributed by atoms with Crippen LogP contribution in [-0.4, -0.2) is 56.4 Å². The van der Waals surface area contributed by atoms with Gasteiger partial charge in [0.2, 0.25) is 5.91 Å². The van der Waals surface area contributed by atoms with Gasteiger partial charge in [-0.1, -0.05) is 0 Å². The second-order valence-corrected chi connectivity index (χ2v) is 6.99. The highest BCUT2D eigenvalue weighted by Gasteiger charge is 2.25. The van der Waals surface area contributed by atoms with Gasteiger partial charge in [-0.3, -0.25) is 9.20 Å². The molecule has 3 aromatic rings. The SMILES string of the molecule is COc1cnc(-c2cnc3ccc(F)cn23)nc1NC1CCCN(C(=O)CC#N)C1. The lowest BCUT2D eigenvalue weighted by molar-refractivity contribution is -0.131. The van der Waals surface area contributed by atoms with Crippen molar-refractivity contribution < 1.29 is 13.9 Å². The fraction of sp³-hybridized carbons (Fsp3) is 0.350. The van der Waals surface area contributed by atoms with Crippen LogP contribution in [-0.2, 0) is 4.79 Å². The van der Waals surface area contributed by atoms with Crippen molar-refractivity contribution in [1.82, 2.24) is 24.3 Å². The summed E-state index contributed by atoms with van der Waals surface area (Å²) in [6, 6.07) is 4.78. The number of aromatic nitrogens is 4. The molecular formula is C20H20FN7O2. The quantitative estimate of drug-likeness (QED) is 0.688. The molecule has 1 N–H and O–H groups in total. The zero-order valence-electron chi connectivity index (χ0n) is 16.4. The van der Waals surface area contributed by atoms with Crippen molar-refractivity contribution in [2.24, 2.45) is 0 Å². The Morgan fingerprint density at radius 2 is 2.27 bits per heavy atom. The maximum absolute atomic E-state index is 13.7. The van der Waals surface area contributed by atoms with Crippen molar-refractivity contribution in [2.75, 3.05) is 25.5 Å². The maximum Gasteiger partial charge on any atom is 0.236 e. The van der Waals surface area contributed by atoms with E-state index in [2.05, 4.69) is 20.3 Å². The summed E-state index contributed by atoms with van der Waals surface area (Å²) in [5.41, 5.74) is 1.13. The van der Waals surface area contributed by atoms with Crippen LogP contribution in [0.2, 0.25) is 0 Å². The Morgan fingerprint density at radius 3 is 3.07 bits per heavy atom. The molecule has 0 saturated carbocycles. The van der Waals surface area contributed by atoms with Gasteiger partial charge in [0.25, 0.3) is 0 Å². The molecule has 154 valence electrons. The van der Waals surface area contributed by atoms with Gasteiger partial charge in [-0.05, 0) is 25.0 Å². The van der Waals surface area contributed by atoms with E-state index >= 15 is 0 Å². The Labute approximate surface area is 172 Å². The lowest BCUT2D eigenvalue weighted by Crippen LogP contribution is -2.45. The summed E-state index contributed by atoms with van der Waals surface area (Å²) in [4.78, 5) is 26.9. The zero-order chi connectivity index (χ0) is 21.1. The van der Waals surface area contributed by atoms with Crippen molar-refractivity contribution >= 4 is 17.4 Å². The van der Waals surface area contributed by atoms with Crippen LogP contribution in [0.1, 0.15) is 19.3 Å². The van der Waals surface area contributed by atoms with Crippen molar-refractivity contribution in [1.29, 1.82) is 5.26 Å². The molecule has 1 saturated heterocycles. The molecule has 0 aliphatic carbocycles. The first-order valence-corrected chi connectivity index (χ1v) is 9.54. The zero-order valence-corrected chi connectivity index (χ0v) is 16.4. The van der Waals surface area contributed by atoms with Gasteiger partial charge in [0, 0.05) is 25.3 Å². The molecule has 1 aliphatic rings. The van der Waals surface area contributed by atoms with Gasteiger partial charge in [-0.25, -0.2) is 19.3 Å². The van der Waals surface area contributed by atoms with Gasteiger partial charge in [0.05, 0.1) is 25.6 Å². The topological polar surface area (TPSA) is 108 Å². The van der Waals surface area contributed by atoms with Crippen LogP contribution in [0.15, 0.2) is 30.7 Å². The number of hydrogen-bond donors (Lipinski definition) is 1. The molecule has 1 amide bonds. The molecule has 30 heavy (non-hydrogen) atoms. The molecule has 1 aliphatic heterocycles. The van der Waals surface area contributed by atoms with Gasteiger partial charge < -0.3 is 15.0 Å². The maximum atomic E-state index is 13.7. The predicted molar refractivity (Wildman–Crippen MR) is 106 cm³/mol. The number of halogens is 1. The molecule has 9 nitrogen and oxygen atoms in total. The fourth-order valence-corrected chi connectivity index (χ4v) is 3.56. The van der Waals surface area contributed by atoms with Crippen LogP contribution in [0.5, 0.6) is 5.75 Å². The molecule has 1 atom stereocenters. The number of rotatable bonds is 5.